The van der Waals surface area contributed by atoms with Crippen LogP contribution in [-0.2, 0) is 19.1 Å². The van der Waals surface area contributed by atoms with E-state index in [2.05, 4.69) is 15.4 Å². The Morgan fingerprint density at radius 3 is 2.79 bits per heavy atom. The molecule has 104 valence electrons. The maximum atomic E-state index is 11.9. The van der Waals surface area contributed by atoms with Gasteiger partial charge in [-0.1, -0.05) is 0 Å². The predicted molar refractivity (Wildman–Crippen MR) is 64.5 cm³/mol. The number of nitriles is 1. The zero-order valence-electron chi connectivity index (χ0n) is 10.9. The number of methoxy groups -OCH3 is 1. The molecule has 7 nitrogen and oxygen atoms in total. The molecule has 0 aromatic carbocycles. The highest BCUT2D eigenvalue weighted by Crippen LogP contribution is 2.10. The lowest BCUT2D eigenvalue weighted by Gasteiger charge is -2.19. The van der Waals surface area contributed by atoms with Gasteiger partial charge >= 0.3 is 5.97 Å². The fourth-order valence-electron chi connectivity index (χ4n) is 1.85. The second-order valence-corrected chi connectivity index (χ2v) is 4.51. The van der Waals surface area contributed by atoms with Crippen molar-refractivity contribution in [2.45, 2.75) is 38.3 Å². The molecule has 0 aromatic rings. The fourth-order valence-corrected chi connectivity index (χ4v) is 1.85. The first-order chi connectivity index (χ1) is 8.97. The predicted octanol–water partition coefficient (Wildman–Crippen LogP) is -0.527. The number of carbonyl (C=O) groups is 3. The lowest BCUT2D eigenvalue weighted by atomic mass is 10.0. The molecule has 2 N–H and O–H groups in total. The summed E-state index contributed by atoms with van der Waals surface area (Å²) in [4.78, 5) is 34.5. The van der Waals surface area contributed by atoms with Crippen molar-refractivity contribution in [3.8, 4) is 6.07 Å². The van der Waals surface area contributed by atoms with Gasteiger partial charge in [0.05, 0.1) is 13.2 Å². The van der Waals surface area contributed by atoms with Crippen LogP contribution in [0.3, 0.4) is 0 Å². The van der Waals surface area contributed by atoms with Gasteiger partial charge < -0.3 is 15.4 Å². The molecular formula is C12H17N3O4. The molecule has 0 unspecified atom stereocenters. The minimum Gasteiger partial charge on any atom is -0.467 e. The second kappa shape index (κ2) is 6.73. The van der Waals surface area contributed by atoms with Gasteiger partial charge in [-0.25, -0.2) is 4.79 Å². The van der Waals surface area contributed by atoms with Gasteiger partial charge in [0.15, 0.2) is 0 Å². The molecule has 0 aliphatic carbocycles. The van der Waals surface area contributed by atoms with Gasteiger partial charge in [0.1, 0.15) is 12.1 Å². The van der Waals surface area contributed by atoms with Crippen molar-refractivity contribution in [2.75, 3.05) is 7.11 Å². The van der Waals surface area contributed by atoms with Crippen molar-refractivity contribution >= 4 is 17.8 Å². The molecule has 0 bridgehead atoms. The Balaban J connectivity index is 2.61. The van der Waals surface area contributed by atoms with E-state index in [1.165, 1.54) is 7.11 Å². The quantitative estimate of drug-likeness (QED) is 0.651. The molecule has 7 heteroatoms. The summed E-state index contributed by atoms with van der Waals surface area (Å²) in [6.07, 6.45) is 0.886. The first-order valence-electron chi connectivity index (χ1n) is 6.05. The first-order valence-corrected chi connectivity index (χ1v) is 6.05. The molecule has 1 fully saturated rings. The molecule has 1 saturated heterocycles. The van der Waals surface area contributed by atoms with Crippen LogP contribution in [-0.4, -0.2) is 37.0 Å². The number of nitrogens with one attached hydrogen (secondary N) is 2. The van der Waals surface area contributed by atoms with Crippen LogP contribution in [0.15, 0.2) is 0 Å². The number of nitrogens with zero attached hydrogens (tertiary/aromatic N) is 1. The summed E-state index contributed by atoms with van der Waals surface area (Å²) in [6.45, 7) is 1.65. The summed E-state index contributed by atoms with van der Waals surface area (Å²) in [5.41, 5.74) is 0. The molecule has 1 rings (SSSR count). The van der Waals surface area contributed by atoms with Crippen LogP contribution in [0.5, 0.6) is 0 Å². The van der Waals surface area contributed by atoms with Gasteiger partial charge in [0.2, 0.25) is 11.8 Å². The molecule has 1 heterocycles. The number of carbonyl (C=O) groups excluding carboxylic acids is 3. The van der Waals surface area contributed by atoms with Crippen molar-refractivity contribution in [3.05, 3.63) is 0 Å². The van der Waals surface area contributed by atoms with E-state index in [1.54, 1.807) is 6.92 Å². The highest BCUT2D eigenvalue weighted by molar-refractivity contribution is 5.93. The SMILES string of the molecule is COC(=O)[C@H](C[C@H](C)C#N)NC(=O)[C@H]1CCC(=O)N1. The Bertz CT molecular complexity index is 416. The second-order valence-electron chi connectivity index (χ2n) is 4.51. The Hall–Kier alpha value is -2.10. The lowest BCUT2D eigenvalue weighted by Crippen LogP contribution is -2.49. The number of ether oxygens (including phenoxy) is 1. The first kappa shape index (κ1) is 15.0. The van der Waals surface area contributed by atoms with Gasteiger partial charge in [0.25, 0.3) is 0 Å². The lowest BCUT2D eigenvalue weighted by molar-refractivity contribution is -0.145. The Kier molecular flexibility index (Phi) is 5.30. The third kappa shape index (κ3) is 4.25. The fraction of sp³-hybridized carbons (Fsp3) is 0.667. The molecule has 3 atom stereocenters. The van der Waals surface area contributed by atoms with Crippen LogP contribution in [0.2, 0.25) is 0 Å². The number of esters is 1. The van der Waals surface area contributed by atoms with Crippen molar-refractivity contribution in [1.82, 2.24) is 10.6 Å². The van der Waals surface area contributed by atoms with Crippen LogP contribution in [0.25, 0.3) is 0 Å². The number of amides is 2. The smallest absolute Gasteiger partial charge is 0.328 e. The summed E-state index contributed by atoms with van der Waals surface area (Å²) < 4.78 is 4.59. The average Bonchev–Trinajstić information content (AvgIpc) is 2.83. The van der Waals surface area contributed by atoms with E-state index in [4.69, 9.17) is 5.26 Å². The van der Waals surface area contributed by atoms with Crippen LogP contribution in [0.1, 0.15) is 26.2 Å². The minimum absolute atomic E-state index is 0.176. The van der Waals surface area contributed by atoms with E-state index < -0.39 is 24.0 Å². The van der Waals surface area contributed by atoms with Crippen molar-refractivity contribution < 1.29 is 19.1 Å². The largest absolute Gasteiger partial charge is 0.467 e. The van der Waals surface area contributed by atoms with Gasteiger partial charge in [-0.3, -0.25) is 9.59 Å². The molecule has 0 saturated carbocycles. The standard InChI is InChI=1S/C12H17N3O4/c1-7(6-13)5-9(12(18)19-2)15-11(17)8-3-4-10(16)14-8/h7-9H,3-5H2,1-2H3,(H,14,16)(H,15,17)/t7-,8+,9-/m0/s1. The van der Waals surface area contributed by atoms with Gasteiger partial charge in [0, 0.05) is 12.3 Å². The molecule has 0 aromatic heterocycles. The number of hydrogen-bond acceptors (Lipinski definition) is 5. The van der Waals surface area contributed by atoms with Crippen molar-refractivity contribution in [1.29, 1.82) is 5.26 Å². The number of rotatable bonds is 5. The Labute approximate surface area is 111 Å². The van der Waals surface area contributed by atoms with E-state index in [-0.39, 0.29) is 18.2 Å². The van der Waals surface area contributed by atoms with E-state index in [0.717, 1.165) is 0 Å². The van der Waals surface area contributed by atoms with E-state index in [9.17, 15) is 14.4 Å². The van der Waals surface area contributed by atoms with Crippen LogP contribution < -0.4 is 10.6 Å². The maximum absolute atomic E-state index is 11.9. The summed E-state index contributed by atoms with van der Waals surface area (Å²) in [7, 11) is 1.22. The Morgan fingerprint density at radius 2 is 2.32 bits per heavy atom. The summed E-state index contributed by atoms with van der Waals surface area (Å²) in [5.74, 6) is -1.59. The molecule has 0 spiro atoms. The monoisotopic (exact) mass is 267 g/mol. The molecular weight excluding hydrogens is 250 g/mol. The molecule has 0 radical (unpaired) electrons. The third-order valence-corrected chi connectivity index (χ3v) is 2.92. The normalized spacial score (nSPS) is 20.9. The van der Waals surface area contributed by atoms with E-state index in [1.807, 2.05) is 6.07 Å². The van der Waals surface area contributed by atoms with Crippen LogP contribution in [0.4, 0.5) is 0 Å². The van der Waals surface area contributed by atoms with Crippen molar-refractivity contribution in [2.24, 2.45) is 5.92 Å². The average molecular weight is 267 g/mol. The van der Waals surface area contributed by atoms with E-state index in [0.29, 0.717) is 12.8 Å². The van der Waals surface area contributed by atoms with Crippen molar-refractivity contribution in [3.63, 3.8) is 0 Å². The number of hydrogen-bond donors (Lipinski definition) is 2. The van der Waals surface area contributed by atoms with Gasteiger partial charge in [-0.2, -0.15) is 5.26 Å². The topological polar surface area (TPSA) is 108 Å². The highest BCUT2D eigenvalue weighted by atomic mass is 16.5. The highest BCUT2D eigenvalue weighted by Gasteiger charge is 2.31. The molecule has 2 amide bonds. The minimum atomic E-state index is -0.871. The summed E-state index contributed by atoms with van der Waals surface area (Å²) in [6, 6.07) is 0.511. The molecule has 19 heavy (non-hydrogen) atoms. The zero-order valence-corrected chi connectivity index (χ0v) is 10.9. The summed E-state index contributed by atoms with van der Waals surface area (Å²) in [5, 5.41) is 13.8. The van der Waals surface area contributed by atoms with E-state index >= 15 is 0 Å². The maximum Gasteiger partial charge on any atom is 0.328 e. The third-order valence-electron chi connectivity index (χ3n) is 2.92. The molecule has 1 aliphatic rings. The van der Waals surface area contributed by atoms with Crippen LogP contribution >= 0.6 is 0 Å². The summed E-state index contributed by atoms with van der Waals surface area (Å²) >= 11 is 0. The van der Waals surface area contributed by atoms with Gasteiger partial charge in [-0.15, -0.1) is 0 Å². The van der Waals surface area contributed by atoms with Crippen LogP contribution in [0, 0.1) is 17.2 Å². The van der Waals surface area contributed by atoms with Gasteiger partial charge in [-0.05, 0) is 19.8 Å². The molecule has 1 aliphatic heterocycles. The Morgan fingerprint density at radius 1 is 1.63 bits per heavy atom. The zero-order chi connectivity index (χ0) is 14.4.